The number of alkyl halides is 1. The molecule has 1 atom stereocenters. The number of benzene rings is 1. The van der Waals surface area contributed by atoms with Crippen molar-refractivity contribution in [3.63, 3.8) is 0 Å². The van der Waals surface area contributed by atoms with Crippen LogP contribution in [0.2, 0.25) is 0 Å². The van der Waals surface area contributed by atoms with Crippen LogP contribution in [0.5, 0.6) is 0 Å². The van der Waals surface area contributed by atoms with Crippen molar-refractivity contribution in [2.24, 2.45) is 5.92 Å². The van der Waals surface area contributed by atoms with E-state index in [1.165, 1.54) is 0 Å². The summed E-state index contributed by atoms with van der Waals surface area (Å²) in [7, 11) is -3.16. The van der Waals surface area contributed by atoms with Gasteiger partial charge in [-0.25, -0.2) is 13.1 Å². The standard InChI is InChI=1S/C12H16BrNO2S/c13-8-12(11-4-2-1-3-5-11)14-17(15,16)9-10-6-7-10/h1-5,10,12,14H,6-9H2. The number of rotatable bonds is 6. The summed E-state index contributed by atoms with van der Waals surface area (Å²) in [5.74, 6) is 0.642. The monoisotopic (exact) mass is 317 g/mol. The molecule has 0 bridgehead atoms. The molecule has 1 fully saturated rings. The van der Waals surface area contributed by atoms with Gasteiger partial charge in [-0.05, 0) is 24.3 Å². The van der Waals surface area contributed by atoms with Gasteiger partial charge >= 0.3 is 0 Å². The summed E-state index contributed by atoms with van der Waals surface area (Å²) in [5, 5.41) is 0.584. The van der Waals surface area contributed by atoms with Crippen molar-refractivity contribution in [1.82, 2.24) is 4.72 Å². The summed E-state index contributed by atoms with van der Waals surface area (Å²) >= 11 is 3.36. The minimum Gasteiger partial charge on any atom is -0.212 e. The number of hydrogen-bond donors (Lipinski definition) is 1. The van der Waals surface area contributed by atoms with Crippen LogP contribution in [0, 0.1) is 5.92 Å². The Bertz CT molecular complexity index is 457. The van der Waals surface area contributed by atoms with Crippen molar-refractivity contribution in [3.05, 3.63) is 35.9 Å². The van der Waals surface area contributed by atoms with Crippen molar-refractivity contribution >= 4 is 26.0 Å². The largest absolute Gasteiger partial charge is 0.212 e. The summed E-state index contributed by atoms with van der Waals surface area (Å²) in [6.45, 7) is 0. The fourth-order valence-corrected chi connectivity index (χ4v) is 4.19. The molecule has 1 N–H and O–H groups in total. The molecule has 1 aromatic rings. The fourth-order valence-electron chi connectivity index (χ4n) is 1.73. The summed E-state index contributed by atoms with van der Waals surface area (Å²) < 4.78 is 26.5. The maximum absolute atomic E-state index is 11.9. The van der Waals surface area contributed by atoms with E-state index < -0.39 is 10.0 Å². The Morgan fingerprint density at radius 1 is 1.29 bits per heavy atom. The minimum absolute atomic E-state index is 0.181. The van der Waals surface area contributed by atoms with Crippen molar-refractivity contribution in [3.8, 4) is 0 Å². The Morgan fingerprint density at radius 3 is 2.47 bits per heavy atom. The van der Waals surface area contributed by atoms with Crippen molar-refractivity contribution in [1.29, 1.82) is 0 Å². The minimum atomic E-state index is -3.16. The van der Waals surface area contributed by atoms with E-state index >= 15 is 0 Å². The Morgan fingerprint density at radius 2 is 1.94 bits per heavy atom. The molecular weight excluding hydrogens is 302 g/mol. The van der Waals surface area contributed by atoms with Crippen LogP contribution in [0.4, 0.5) is 0 Å². The highest BCUT2D eigenvalue weighted by molar-refractivity contribution is 9.09. The molecular formula is C12H16BrNO2S. The fraction of sp³-hybridized carbons (Fsp3) is 0.500. The summed E-state index contributed by atoms with van der Waals surface area (Å²) in [6, 6.07) is 9.45. The Labute approximate surface area is 111 Å². The lowest BCUT2D eigenvalue weighted by Gasteiger charge is -2.16. The molecule has 17 heavy (non-hydrogen) atoms. The number of sulfonamides is 1. The number of hydrogen-bond acceptors (Lipinski definition) is 2. The van der Waals surface area contributed by atoms with Crippen LogP contribution in [0.15, 0.2) is 30.3 Å². The lowest BCUT2D eigenvalue weighted by Crippen LogP contribution is -2.32. The first-order chi connectivity index (χ1) is 8.11. The highest BCUT2D eigenvalue weighted by Gasteiger charge is 2.29. The topological polar surface area (TPSA) is 46.2 Å². The van der Waals surface area contributed by atoms with Crippen LogP contribution in [-0.4, -0.2) is 19.5 Å². The zero-order chi connectivity index (χ0) is 12.3. The van der Waals surface area contributed by atoms with Gasteiger partial charge in [0.15, 0.2) is 0 Å². The van der Waals surface area contributed by atoms with E-state index in [1.54, 1.807) is 0 Å². The molecule has 2 rings (SSSR count). The first-order valence-electron chi connectivity index (χ1n) is 5.71. The molecule has 1 unspecified atom stereocenters. The van der Waals surface area contributed by atoms with Crippen LogP contribution < -0.4 is 4.72 Å². The smallest absolute Gasteiger partial charge is 0.212 e. The van der Waals surface area contributed by atoms with Crippen molar-refractivity contribution in [2.75, 3.05) is 11.1 Å². The first kappa shape index (κ1) is 13.1. The SMILES string of the molecule is O=S(=O)(CC1CC1)NC(CBr)c1ccccc1. The van der Waals surface area contributed by atoms with E-state index in [-0.39, 0.29) is 11.8 Å². The molecule has 0 aromatic heterocycles. The average Bonchev–Trinajstić information content (AvgIpc) is 3.10. The molecule has 1 saturated carbocycles. The van der Waals surface area contributed by atoms with Gasteiger partial charge in [-0.2, -0.15) is 0 Å². The molecule has 0 radical (unpaired) electrons. The Balaban J connectivity index is 2.04. The number of halogens is 1. The maximum Gasteiger partial charge on any atom is 0.212 e. The van der Waals surface area contributed by atoms with E-state index in [0.29, 0.717) is 11.2 Å². The molecule has 5 heteroatoms. The molecule has 0 aliphatic heterocycles. The van der Waals surface area contributed by atoms with Gasteiger partial charge in [0.1, 0.15) is 0 Å². The maximum atomic E-state index is 11.9. The van der Waals surface area contributed by atoms with Gasteiger partial charge in [-0.3, -0.25) is 0 Å². The van der Waals surface area contributed by atoms with Crippen LogP contribution in [0.25, 0.3) is 0 Å². The first-order valence-corrected chi connectivity index (χ1v) is 8.49. The molecule has 94 valence electrons. The summed E-state index contributed by atoms with van der Waals surface area (Å²) in [6.07, 6.45) is 2.09. The number of nitrogens with one attached hydrogen (secondary N) is 1. The summed E-state index contributed by atoms with van der Waals surface area (Å²) in [5.41, 5.74) is 0.990. The highest BCUT2D eigenvalue weighted by atomic mass is 79.9. The molecule has 1 aliphatic carbocycles. The third-order valence-corrected chi connectivity index (χ3v) is 5.03. The second-order valence-corrected chi connectivity index (χ2v) is 6.91. The van der Waals surface area contributed by atoms with E-state index in [1.807, 2.05) is 30.3 Å². The second-order valence-electron chi connectivity index (χ2n) is 4.46. The van der Waals surface area contributed by atoms with Crippen LogP contribution in [-0.2, 0) is 10.0 Å². The van der Waals surface area contributed by atoms with Gasteiger partial charge in [0.2, 0.25) is 10.0 Å². The highest BCUT2D eigenvalue weighted by Crippen LogP contribution is 2.30. The van der Waals surface area contributed by atoms with E-state index in [4.69, 9.17) is 0 Å². The lowest BCUT2D eigenvalue weighted by molar-refractivity contribution is 0.565. The van der Waals surface area contributed by atoms with Gasteiger partial charge in [-0.15, -0.1) is 0 Å². The third kappa shape index (κ3) is 4.08. The van der Waals surface area contributed by atoms with E-state index in [0.717, 1.165) is 18.4 Å². The zero-order valence-electron chi connectivity index (χ0n) is 9.47. The zero-order valence-corrected chi connectivity index (χ0v) is 11.9. The van der Waals surface area contributed by atoms with Crippen LogP contribution >= 0.6 is 15.9 Å². The lowest BCUT2D eigenvalue weighted by atomic mass is 10.1. The second kappa shape index (κ2) is 5.50. The van der Waals surface area contributed by atoms with Gasteiger partial charge in [0.25, 0.3) is 0 Å². The predicted octanol–water partition coefficient (Wildman–Crippen LogP) is 2.45. The molecule has 0 heterocycles. The molecule has 3 nitrogen and oxygen atoms in total. The van der Waals surface area contributed by atoms with Gasteiger partial charge in [-0.1, -0.05) is 46.3 Å². The van der Waals surface area contributed by atoms with Gasteiger partial charge in [0, 0.05) is 5.33 Å². The average molecular weight is 318 g/mol. The van der Waals surface area contributed by atoms with Crippen molar-refractivity contribution in [2.45, 2.75) is 18.9 Å². The van der Waals surface area contributed by atoms with Gasteiger partial charge < -0.3 is 0 Å². The quantitative estimate of drug-likeness (QED) is 0.819. The summed E-state index contributed by atoms with van der Waals surface area (Å²) in [4.78, 5) is 0. The predicted molar refractivity (Wildman–Crippen MR) is 72.6 cm³/mol. The van der Waals surface area contributed by atoms with Crippen molar-refractivity contribution < 1.29 is 8.42 Å². The van der Waals surface area contributed by atoms with Crippen LogP contribution in [0.3, 0.4) is 0 Å². The van der Waals surface area contributed by atoms with Gasteiger partial charge in [0.05, 0.1) is 11.8 Å². The Hall–Kier alpha value is -0.390. The normalized spacial score (nSPS) is 17.9. The van der Waals surface area contributed by atoms with E-state index in [2.05, 4.69) is 20.7 Å². The molecule has 0 amide bonds. The molecule has 1 aliphatic rings. The molecule has 0 spiro atoms. The third-order valence-electron chi connectivity index (χ3n) is 2.83. The Kier molecular flexibility index (Phi) is 4.22. The van der Waals surface area contributed by atoms with Crippen LogP contribution in [0.1, 0.15) is 24.4 Å². The molecule has 1 aromatic carbocycles. The molecule has 0 saturated heterocycles. The van der Waals surface area contributed by atoms with E-state index in [9.17, 15) is 8.42 Å².